The first-order valence-electron chi connectivity index (χ1n) is 11.6. The molecule has 0 radical (unpaired) electrons. The van der Waals surface area contributed by atoms with Crippen LogP contribution in [0.2, 0.25) is 0 Å². The van der Waals surface area contributed by atoms with Crippen LogP contribution in [0.25, 0.3) is 22.6 Å². The number of rotatable bonds is 4. The molecule has 7 heteroatoms. The van der Waals surface area contributed by atoms with Crippen molar-refractivity contribution in [3.8, 4) is 11.4 Å². The van der Waals surface area contributed by atoms with Crippen molar-refractivity contribution in [1.82, 2.24) is 28.9 Å². The van der Waals surface area contributed by atoms with Crippen LogP contribution in [0.3, 0.4) is 0 Å². The molecule has 1 aliphatic heterocycles. The zero-order valence-electron chi connectivity index (χ0n) is 19.2. The van der Waals surface area contributed by atoms with Crippen LogP contribution in [0.4, 0.5) is 0 Å². The van der Waals surface area contributed by atoms with Gasteiger partial charge in [0.15, 0.2) is 0 Å². The number of piperidine rings is 1. The number of pyridine rings is 1. The number of aromatic nitrogens is 5. The number of nitrogens with zero attached hydrogens (tertiary/aromatic N) is 6. The molecular weight excluding hydrogens is 400 g/mol. The minimum atomic E-state index is -0.0754. The summed E-state index contributed by atoms with van der Waals surface area (Å²) in [6.07, 6.45) is 6.96. The highest BCUT2D eigenvalue weighted by Gasteiger charge is 2.22. The largest absolute Gasteiger partial charge is 0.301 e. The van der Waals surface area contributed by atoms with Crippen LogP contribution in [-0.4, -0.2) is 48.0 Å². The molecule has 0 spiro atoms. The number of aryl methyl sites for hydroxylation is 2. The van der Waals surface area contributed by atoms with Crippen molar-refractivity contribution in [3.63, 3.8) is 0 Å². The lowest BCUT2D eigenvalue weighted by Crippen LogP contribution is -2.37. The zero-order chi connectivity index (χ0) is 22.4. The molecule has 0 amide bonds. The first-order chi connectivity index (χ1) is 15.4. The molecule has 1 aliphatic rings. The predicted octanol–water partition coefficient (Wildman–Crippen LogP) is 3.86. The second-order valence-electron chi connectivity index (χ2n) is 9.12. The summed E-state index contributed by atoms with van der Waals surface area (Å²) in [6.45, 7) is 10.8. The Balaban J connectivity index is 1.49. The molecule has 4 aromatic heterocycles. The van der Waals surface area contributed by atoms with Crippen molar-refractivity contribution in [2.24, 2.45) is 0 Å². The summed E-state index contributed by atoms with van der Waals surface area (Å²) in [5.74, 6) is 0.489. The summed E-state index contributed by atoms with van der Waals surface area (Å²) in [7, 11) is 0. The van der Waals surface area contributed by atoms with Crippen LogP contribution in [0.1, 0.15) is 56.5 Å². The quantitative estimate of drug-likeness (QED) is 0.492. The Morgan fingerprint density at radius 1 is 1.06 bits per heavy atom. The van der Waals surface area contributed by atoms with E-state index in [-0.39, 0.29) is 5.56 Å². The van der Waals surface area contributed by atoms with Gasteiger partial charge >= 0.3 is 0 Å². The van der Waals surface area contributed by atoms with E-state index >= 15 is 0 Å². The Hall–Kier alpha value is -3.06. The summed E-state index contributed by atoms with van der Waals surface area (Å²) >= 11 is 0. The first-order valence-corrected chi connectivity index (χ1v) is 11.6. The summed E-state index contributed by atoms with van der Waals surface area (Å²) in [4.78, 5) is 24.9. The van der Waals surface area contributed by atoms with Gasteiger partial charge in [0.25, 0.3) is 5.56 Å². The molecule has 32 heavy (non-hydrogen) atoms. The highest BCUT2D eigenvalue weighted by molar-refractivity contribution is 5.66. The Morgan fingerprint density at radius 3 is 2.56 bits per heavy atom. The van der Waals surface area contributed by atoms with Crippen LogP contribution < -0.4 is 5.56 Å². The number of likely N-dealkylation sites (tertiary alicyclic amines) is 1. The van der Waals surface area contributed by atoms with E-state index in [1.807, 2.05) is 36.0 Å². The maximum absolute atomic E-state index is 13.0. The second kappa shape index (κ2) is 8.13. The molecule has 0 N–H and O–H groups in total. The highest BCUT2D eigenvalue weighted by atomic mass is 16.1. The molecule has 0 bridgehead atoms. The van der Waals surface area contributed by atoms with Crippen LogP contribution >= 0.6 is 0 Å². The molecule has 4 aromatic rings. The molecule has 0 atom stereocenters. The van der Waals surface area contributed by atoms with Crippen molar-refractivity contribution in [3.05, 3.63) is 64.0 Å². The predicted molar refractivity (Wildman–Crippen MR) is 126 cm³/mol. The van der Waals surface area contributed by atoms with Gasteiger partial charge in [0.2, 0.25) is 0 Å². The molecule has 166 valence electrons. The molecule has 0 aliphatic carbocycles. The SMILES string of the molecule is CCc1nc(C)cn2nc(-c3cc(=O)n4cc(C5CCN(C(C)C)CC5)ccc4n3)cc12. The van der Waals surface area contributed by atoms with Gasteiger partial charge in [-0.2, -0.15) is 5.10 Å². The Bertz CT molecular complexity index is 1340. The fraction of sp³-hybridized carbons (Fsp3) is 0.440. The van der Waals surface area contributed by atoms with Crippen molar-refractivity contribution in [2.45, 2.75) is 58.9 Å². The van der Waals surface area contributed by atoms with E-state index in [0.717, 1.165) is 49.3 Å². The Morgan fingerprint density at radius 2 is 1.84 bits per heavy atom. The molecule has 0 aromatic carbocycles. The van der Waals surface area contributed by atoms with E-state index in [4.69, 9.17) is 4.98 Å². The third-order valence-electron chi connectivity index (χ3n) is 6.66. The summed E-state index contributed by atoms with van der Waals surface area (Å²) < 4.78 is 3.51. The van der Waals surface area contributed by atoms with Crippen molar-refractivity contribution >= 4 is 11.2 Å². The average Bonchev–Trinajstić information content (AvgIpc) is 3.22. The van der Waals surface area contributed by atoms with E-state index in [9.17, 15) is 4.79 Å². The van der Waals surface area contributed by atoms with E-state index in [1.54, 1.807) is 10.5 Å². The summed E-state index contributed by atoms with van der Waals surface area (Å²) in [6, 6.07) is 8.25. The maximum atomic E-state index is 13.0. The van der Waals surface area contributed by atoms with Gasteiger partial charge in [-0.3, -0.25) is 14.2 Å². The normalized spacial score (nSPS) is 15.9. The molecule has 5 rings (SSSR count). The third kappa shape index (κ3) is 3.71. The molecule has 7 nitrogen and oxygen atoms in total. The van der Waals surface area contributed by atoms with Crippen LogP contribution in [0.15, 0.2) is 41.5 Å². The standard InChI is InChI=1S/C25H30N6O/c1-5-20-23-12-22(28-31(23)14-17(4)26-20)21-13-25(32)30-15-19(6-7-24(30)27-21)18-8-10-29(11-9-18)16(2)3/h6-7,12-16,18H,5,8-11H2,1-4H3. The molecule has 0 unspecified atom stereocenters. The molecule has 1 fully saturated rings. The summed E-state index contributed by atoms with van der Waals surface area (Å²) in [5.41, 5.74) is 5.95. The zero-order valence-corrected chi connectivity index (χ0v) is 19.2. The number of hydrogen-bond acceptors (Lipinski definition) is 5. The van der Waals surface area contributed by atoms with Gasteiger partial charge < -0.3 is 4.90 Å². The monoisotopic (exact) mass is 430 g/mol. The maximum Gasteiger partial charge on any atom is 0.258 e. The van der Waals surface area contributed by atoms with Crippen molar-refractivity contribution in [1.29, 1.82) is 0 Å². The van der Waals surface area contributed by atoms with Crippen LogP contribution in [-0.2, 0) is 6.42 Å². The van der Waals surface area contributed by atoms with Gasteiger partial charge in [-0.05, 0) is 76.7 Å². The van der Waals surface area contributed by atoms with E-state index < -0.39 is 0 Å². The lowest BCUT2D eigenvalue weighted by molar-refractivity contribution is 0.172. The van der Waals surface area contributed by atoms with E-state index in [0.29, 0.717) is 29.0 Å². The van der Waals surface area contributed by atoms with Crippen LogP contribution in [0.5, 0.6) is 0 Å². The Kier molecular flexibility index (Phi) is 5.29. The number of fused-ring (bicyclic) bond motifs is 2. The van der Waals surface area contributed by atoms with Gasteiger partial charge in [0, 0.05) is 18.3 Å². The fourth-order valence-corrected chi connectivity index (χ4v) is 4.81. The van der Waals surface area contributed by atoms with Gasteiger partial charge in [-0.25, -0.2) is 9.50 Å². The molecular formula is C25H30N6O. The van der Waals surface area contributed by atoms with Crippen molar-refractivity contribution in [2.75, 3.05) is 13.1 Å². The summed E-state index contributed by atoms with van der Waals surface area (Å²) in [5, 5.41) is 4.67. The minimum Gasteiger partial charge on any atom is -0.301 e. The average molecular weight is 431 g/mol. The van der Waals surface area contributed by atoms with Crippen LogP contribution in [0, 0.1) is 6.92 Å². The van der Waals surface area contributed by atoms with Crippen molar-refractivity contribution < 1.29 is 0 Å². The van der Waals surface area contributed by atoms with Gasteiger partial charge in [0.05, 0.1) is 28.8 Å². The topological polar surface area (TPSA) is 67.8 Å². The lowest BCUT2D eigenvalue weighted by atomic mass is 9.90. The minimum absolute atomic E-state index is 0.0754. The Labute approximate surface area is 187 Å². The fourth-order valence-electron chi connectivity index (χ4n) is 4.81. The molecule has 0 saturated carbocycles. The van der Waals surface area contributed by atoms with E-state index in [2.05, 4.69) is 41.8 Å². The highest BCUT2D eigenvalue weighted by Crippen LogP contribution is 2.29. The molecule has 5 heterocycles. The lowest BCUT2D eigenvalue weighted by Gasteiger charge is -2.34. The van der Waals surface area contributed by atoms with E-state index in [1.165, 1.54) is 5.56 Å². The second-order valence-corrected chi connectivity index (χ2v) is 9.12. The van der Waals surface area contributed by atoms with Gasteiger partial charge in [0.1, 0.15) is 11.3 Å². The first kappa shape index (κ1) is 20.8. The van der Waals surface area contributed by atoms with Gasteiger partial charge in [-0.15, -0.1) is 0 Å². The smallest absolute Gasteiger partial charge is 0.258 e. The number of hydrogen-bond donors (Lipinski definition) is 0. The third-order valence-corrected chi connectivity index (χ3v) is 6.66. The van der Waals surface area contributed by atoms with Gasteiger partial charge in [-0.1, -0.05) is 13.0 Å². The molecule has 1 saturated heterocycles.